The number of hydrogen-bond donors (Lipinski definition) is 0. The maximum absolute atomic E-state index is 11.8. The predicted molar refractivity (Wildman–Crippen MR) is 128 cm³/mol. The molecule has 1 aromatic carbocycles. The van der Waals surface area contributed by atoms with Crippen LogP contribution in [0.15, 0.2) is 30.3 Å². The molecule has 0 unspecified atom stereocenters. The largest absolute Gasteiger partial charge is 0.461 e. The van der Waals surface area contributed by atoms with Gasteiger partial charge in [-0.05, 0) is 32.8 Å². The van der Waals surface area contributed by atoms with E-state index in [-0.39, 0.29) is 89.5 Å². The number of Topliss-reactive ketones (excluding diaryl/α,β-unsaturated/α-hetero) is 2. The average molecular weight is 495 g/mol. The summed E-state index contributed by atoms with van der Waals surface area (Å²) in [6, 6.07) is 9.32. The minimum absolute atomic E-state index is 0.0165. The number of esters is 2. The first kappa shape index (κ1) is 30.4. The van der Waals surface area contributed by atoms with Crippen LogP contribution in [0, 0.1) is 0 Å². The highest BCUT2D eigenvalue weighted by atomic mass is 16.6. The van der Waals surface area contributed by atoms with E-state index in [2.05, 4.69) is 0 Å². The summed E-state index contributed by atoms with van der Waals surface area (Å²) in [5.41, 5.74) is 0.367. The van der Waals surface area contributed by atoms with Crippen molar-refractivity contribution in [1.29, 1.82) is 0 Å². The highest BCUT2D eigenvalue weighted by Gasteiger charge is 2.16. The molecule has 0 spiro atoms. The quantitative estimate of drug-likeness (QED) is 0.211. The van der Waals surface area contributed by atoms with Gasteiger partial charge in [0.15, 0.2) is 11.6 Å². The minimum atomic E-state index is -0.524. The maximum atomic E-state index is 11.8. The Bertz CT molecular complexity index is 769. The standard InChI is InChI=1S/C26H38O9/c1-26(2,3)35-25(30)11-7-10-22(27)19-32-16-14-31-15-17-33-20-23(28)12-13-24(29)34-18-21-8-5-4-6-9-21/h4-6,8-9H,7,10-20H2,1-3H3. The Hall–Kier alpha value is -2.62. The second-order valence-corrected chi connectivity index (χ2v) is 8.88. The molecule has 0 aliphatic heterocycles. The predicted octanol–water partition coefficient (Wildman–Crippen LogP) is 3.21. The van der Waals surface area contributed by atoms with Crippen molar-refractivity contribution in [2.75, 3.05) is 39.6 Å². The molecule has 196 valence electrons. The first-order valence-corrected chi connectivity index (χ1v) is 11.8. The molecule has 0 radical (unpaired) electrons. The molecule has 0 N–H and O–H groups in total. The van der Waals surface area contributed by atoms with Gasteiger partial charge in [0.1, 0.15) is 25.4 Å². The number of hydrogen-bond acceptors (Lipinski definition) is 9. The van der Waals surface area contributed by atoms with Crippen LogP contribution in [-0.4, -0.2) is 68.7 Å². The van der Waals surface area contributed by atoms with Crippen LogP contribution in [0.3, 0.4) is 0 Å². The summed E-state index contributed by atoms with van der Waals surface area (Å²) in [6.45, 7) is 6.51. The smallest absolute Gasteiger partial charge is 0.306 e. The van der Waals surface area contributed by atoms with E-state index in [0.717, 1.165) is 5.56 Å². The normalized spacial score (nSPS) is 11.2. The molecular weight excluding hydrogens is 456 g/mol. The van der Waals surface area contributed by atoms with Gasteiger partial charge in [0.25, 0.3) is 0 Å². The third kappa shape index (κ3) is 18.4. The van der Waals surface area contributed by atoms with Crippen LogP contribution in [0.1, 0.15) is 58.4 Å². The second-order valence-electron chi connectivity index (χ2n) is 8.88. The van der Waals surface area contributed by atoms with Gasteiger partial charge in [0.05, 0.1) is 32.8 Å². The van der Waals surface area contributed by atoms with Crippen LogP contribution >= 0.6 is 0 Å². The highest BCUT2D eigenvalue weighted by Crippen LogP contribution is 2.10. The van der Waals surface area contributed by atoms with Gasteiger partial charge in [-0.1, -0.05) is 30.3 Å². The minimum Gasteiger partial charge on any atom is -0.461 e. The van der Waals surface area contributed by atoms with Gasteiger partial charge >= 0.3 is 11.9 Å². The van der Waals surface area contributed by atoms with Gasteiger partial charge in [-0.15, -0.1) is 0 Å². The number of benzene rings is 1. The van der Waals surface area contributed by atoms with Crippen molar-refractivity contribution in [2.45, 2.75) is 65.1 Å². The molecule has 0 heterocycles. The fourth-order valence-corrected chi connectivity index (χ4v) is 2.73. The SMILES string of the molecule is CC(C)(C)OC(=O)CCCC(=O)COCCOCCOCC(=O)CCC(=O)OCc1ccccc1. The van der Waals surface area contributed by atoms with E-state index >= 15 is 0 Å². The van der Waals surface area contributed by atoms with Crippen LogP contribution in [0.2, 0.25) is 0 Å². The molecule has 0 aliphatic rings. The maximum Gasteiger partial charge on any atom is 0.306 e. The zero-order valence-electron chi connectivity index (χ0n) is 21.0. The summed E-state index contributed by atoms with van der Waals surface area (Å²) in [7, 11) is 0. The van der Waals surface area contributed by atoms with Crippen molar-refractivity contribution in [1.82, 2.24) is 0 Å². The van der Waals surface area contributed by atoms with Crippen LogP contribution in [0.5, 0.6) is 0 Å². The Morgan fingerprint density at radius 3 is 1.86 bits per heavy atom. The van der Waals surface area contributed by atoms with E-state index < -0.39 is 11.6 Å². The summed E-state index contributed by atoms with van der Waals surface area (Å²) in [5.74, 6) is -1.01. The highest BCUT2D eigenvalue weighted by molar-refractivity contribution is 5.83. The summed E-state index contributed by atoms with van der Waals surface area (Å²) in [4.78, 5) is 46.8. The summed E-state index contributed by atoms with van der Waals surface area (Å²) >= 11 is 0. The molecule has 1 rings (SSSR count). The molecule has 0 bridgehead atoms. The lowest BCUT2D eigenvalue weighted by molar-refractivity contribution is -0.155. The average Bonchev–Trinajstić information content (AvgIpc) is 2.79. The van der Waals surface area contributed by atoms with Gasteiger partial charge < -0.3 is 23.7 Å². The van der Waals surface area contributed by atoms with Crippen molar-refractivity contribution >= 4 is 23.5 Å². The van der Waals surface area contributed by atoms with Crippen LogP contribution in [0.25, 0.3) is 0 Å². The number of carbonyl (C=O) groups excluding carboxylic acids is 4. The lowest BCUT2D eigenvalue weighted by Crippen LogP contribution is -2.23. The zero-order valence-corrected chi connectivity index (χ0v) is 21.0. The number of ketones is 2. The lowest BCUT2D eigenvalue weighted by atomic mass is 10.1. The molecule has 0 saturated heterocycles. The van der Waals surface area contributed by atoms with Crippen LogP contribution in [-0.2, 0) is 49.5 Å². The van der Waals surface area contributed by atoms with Crippen LogP contribution < -0.4 is 0 Å². The zero-order chi connectivity index (χ0) is 25.9. The Morgan fingerprint density at radius 1 is 0.686 bits per heavy atom. The Balaban J connectivity index is 1.90. The third-order valence-electron chi connectivity index (χ3n) is 4.38. The van der Waals surface area contributed by atoms with Gasteiger partial charge in [0, 0.05) is 19.3 Å². The van der Waals surface area contributed by atoms with E-state index in [0.29, 0.717) is 6.42 Å². The number of rotatable bonds is 19. The molecule has 0 fully saturated rings. The van der Waals surface area contributed by atoms with E-state index in [1.165, 1.54) is 0 Å². The molecule has 0 aromatic heterocycles. The molecule has 0 aliphatic carbocycles. The Labute approximate surface area is 207 Å². The summed E-state index contributed by atoms with van der Waals surface area (Å²) < 4.78 is 26.1. The Kier molecular flexibility index (Phi) is 15.4. The van der Waals surface area contributed by atoms with Gasteiger partial charge in [-0.2, -0.15) is 0 Å². The molecule has 0 amide bonds. The number of ether oxygens (including phenoxy) is 5. The molecule has 0 atom stereocenters. The van der Waals surface area contributed by atoms with Crippen molar-refractivity contribution in [2.24, 2.45) is 0 Å². The van der Waals surface area contributed by atoms with E-state index in [9.17, 15) is 19.2 Å². The monoisotopic (exact) mass is 494 g/mol. The first-order valence-electron chi connectivity index (χ1n) is 11.8. The summed E-state index contributed by atoms with van der Waals surface area (Å²) in [5, 5.41) is 0. The molecular formula is C26H38O9. The lowest BCUT2D eigenvalue weighted by Gasteiger charge is -2.19. The van der Waals surface area contributed by atoms with Crippen molar-refractivity contribution < 1.29 is 42.9 Å². The van der Waals surface area contributed by atoms with Crippen molar-refractivity contribution in [3.8, 4) is 0 Å². The fraction of sp³-hybridized carbons (Fsp3) is 0.615. The molecule has 35 heavy (non-hydrogen) atoms. The van der Waals surface area contributed by atoms with Crippen molar-refractivity contribution in [3.63, 3.8) is 0 Å². The third-order valence-corrected chi connectivity index (χ3v) is 4.38. The molecule has 9 heteroatoms. The first-order chi connectivity index (χ1) is 16.7. The Morgan fingerprint density at radius 2 is 1.26 bits per heavy atom. The van der Waals surface area contributed by atoms with Gasteiger partial charge in [0.2, 0.25) is 0 Å². The van der Waals surface area contributed by atoms with Crippen LogP contribution in [0.4, 0.5) is 0 Å². The van der Waals surface area contributed by atoms with Gasteiger partial charge in [-0.3, -0.25) is 19.2 Å². The topological polar surface area (TPSA) is 114 Å². The van der Waals surface area contributed by atoms with Crippen molar-refractivity contribution in [3.05, 3.63) is 35.9 Å². The molecule has 1 aromatic rings. The summed E-state index contributed by atoms with van der Waals surface area (Å²) in [6.07, 6.45) is 0.967. The van der Waals surface area contributed by atoms with E-state index in [1.807, 2.05) is 30.3 Å². The fourth-order valence-electron chi connectivity index (χ4n) is 2.73. The molecule has 9 nitrogen and oxygen atoms in total. The number of carbonyl (C=O) groups is 4. The van der Waals surface area contributed by atoms with E-state index in [4.69, 9.17) is 23.7 Å². The second kappa shape index (κ2) is 17.8. The molecule has 0 saturated carbocycles. The van der Waals surface area contributed by atoms with E-state index in [1.54, 1.807) is 20.8 Å². The van der Waals surface area contributed by atoms with Gasteiger partial charge in [-0.25, -0.2) is 0 Å².